The summed E-state index contributed by atoms with van der Waals surface area (Å²) in [5.74, 6) is 1.28. The molecule has 0 aromatic heterocycles. The first-order valence-corrected chi connectivity index (χ1v) is 6.34. The van der Waals surface area contributed by atoms with E-state index in [2.05, 4.69) is 0 Å². The standard InChI is InChI=1S/C10H16O3S/c11-9(12)10(3-6-14-7-4-10)8-2-1-5-13-8/h8H,1-7H2,(H,11,12). The smallest absolute Gasteiger partial charge is 0.312 e. The molecule has 0 aliphatic carbocycles. The predicted molar refractivity (Wildman–Crippen MR) is 55.6 cm³/mol. The van der Waals surface area contributed by atoms with Crippen LogP contribution in [-0.4, -0.2) is 35.3 Å². The van der Waals surface area contributed by atoms with Crippen molar-refractivity contribution in [3.63, 3.8) is 0 Å². The Bertz CT molecular complexity index is 217. The number of carboxylic acids is 1. The second-order valence-electron chi connectivity index (χ2n) is 4.08. The van der Waals surface area contributed by atoms with Crippen LogP contribution in [0.2, 0.25) is 0 Å². The van der Waals surface area contributed by atoms with E-state index in [1.165, 1.54) is 0 Å². The molecule has 0 bridgehead atoms. The number of ether oxygens (including phenoxy) is 1. The first-order valence-electron chi connectivity index (χ1n) is 5.18. The maximum absolute atomic E-state index is 11.4. The molecule has 0 aromatic carbocycles. The Labute approximate surface area is 88.2 Å². The molecule has 1 unspecified atom stereocenters. The molecule has 0 amide bonds. The Morgan fingerprint density at radius 2 is 2.14 bits per heavy atom. The molecular weight excluding hydrogens is 200 g/mol. The highest BCUT2D eigenvalue weighted by molar-refractivity contribution is 7.99. The molecule has 1 N–H and O–H groups in total. The first kappa shape index (κ1) is 10.3. The van der Waals surface area contributed by atoms with Crippen LogP contribution in [0.4, 0.5) is 0 Å². The fourth-order valence-electron chi connectivity index (χ4n) is 2.42. The van der Waals surface area contributed by atoms with E-state index >= 15 is 0 Å². The molecule has 0 saturated carbocycles. The van der Waals surface area contributed by atoms with Gasteiger partial charge >= 0.3 is 5.97 Å². The first-order chi connectivity index (χ1) is 6.76. The molecule has 2 saturated heterocycles. The Hall–Kier alpha value is -0.220. The van der Waals surface area contributed by atoms with E-state index in [0.29, 0.717) is 0 Å². The largest absolute Gasteiger partial charge is 0.481 e. The van der Waals surface area contributed by atoms with Crippen LogP contribution >= 0.6 is 11.8 Å². The summed E-state index contributed by atoms with van der Waals surface area (Å²) < 4.78 is 5.57. The van der Waals surface area contributed by atoms with E-state index in [-0.39, 0.29) is 6.10 Å². The van der Waals surface area contributed by atoms with Crippen LogP contribution in [0, 0.1) is 5.41 Å². The summed E-state index contributed by atoms with van der Waals surface area (Å²) in [4.78, 5) is 11.4. The van der Waals surface area contributed by atoms with Gasteiger partial charge in [-0.15, -0.1) is 0 Å². The van der Waals surface area contributed by atoms with Crippen LogP contribution in [0.1, 0.15) is 25.7 Å². The van der Waals surface area contributed by atoms with Crippen molar-refractivity contribution < 1.29 is 14.6 Å². The van der Waals surface area contributed by atoms with Gasteiger partial charge in [-0.25, -0.2) is 0 Å². The second kappa shape index (κ2) is 4.11. The lowest BCUT2D eigenvalue weighted by Gasteiger charge is -2.37. The van der Waals surface area contributed by atoms with Gasteiger partial charge < -0.3 is 9.84 Å². The zero-order chi connectivity index (χ0) is 10.0. The van der Waals surface area contributed by atoms with Crippen LogP contribution in [0.15, 0.2) is 0 Å². The van der Waals surface area contributed by atoms with Crippen LogP contribution in [-0.2, 0) is 9.53 Å². The minimum absolute atomic E-state index is 0.0269. The SMILES string of the molecule is O=C(O)C1(C2CCCO2)CCSCC1. The minimum Gasteiger partial charge on any atom is -0.481 e. The van der Waals surface area contributed by atoms with Crippen LogP contribution in [0.3, 0.4) is 0 Å². The van der Waals surface area contributed by atoms with Crippen molar-refractivity contribution in [3.05, 3.63) is 0 Å². The Morgan fingerprint density at radius 1 is 1.43 bits per heavy atom. The number of hydrogen-bond acceptors (Lipinski definition) is 3. The Balaban J connectivity index is 2.15. The van der Waals surface area contributed by atoms with Crippen LogP contribution in [0.5, 0.6) is 0 Å². The van der Waals surface area contributed by atoms with Crippen molar-refractivity contribution >= 4 is 17.7 Å². The fourth-order valence-corrected chi connectivity index (χ4v) is 3.64. The highest BCUT2D eigenvalue weighted by atomic mass is 32.2. The molecule has 0 aromatic rings. The molecule has 3 nitrogen and oxygen atoms in total. The Kier molecular flexibility index (Phi) is 3.02. The third-order valence-electron chi connectivity index (χ3n) is 3.36. The molecule has 2 aliphatic heterocycles. The van der Waals surface area contributed by atoms with E-state index < -0.39 is 11.4 Å². The second-order valence-corrected chi connectivity index (χ2v) is 5.30. The summed E-state index contributed by atoms with van der Waals surface area (Å²) in [6.45, 7) is 0.743. The van der Waals surface area contributed by atoms with Crippen molar-refractivity contribution in [1.29, 1.82) is 0 Å². The average Bonchev–Trinajstić information content (AvgIpc) is 2.72. The van der Waals surface area contributed by atoms with Gasteiger partial charge in [0.1, 0.15) is 0 Å². The minimum atomic E-state index is -0.648. The van der Waals surface area contributed by atoms with Crippen molar-refractivity contribution in [2.75, 3.05) is 18.1 Å². The molecule has 2 heterocycles. The van der Waals surface area contributed by atoms with Gasteiger partial charge in [0.15, 0.2) is 0 Å². The van der Waals surface area contributed by atoms with E-state index in [1.807, 2.05) is 11.8 Å². The number of carbonyl (C=O) groups is 1. The molecule has 2 fully saturated rings. The van der Waals surface area contributed by atoms with Gasteiger partial charge in [0.05, 0.1) is 11.5 Å². The number of carboxylic acid groups (broad SMARTS) is 1. The zero-order valence-corrected chi connectivity index (χ0v) is 9.02. The molecule has 80 valence electrons. The van der Waals surface area contributed by atoms with E-state index in [9.17, 15) is 9.90 Å². The topological polar surface area (TPSA) is 46.5 Å². The molecule has 0 spiro atoms. The van der Waals surface area contributed by atoms with E-state index in [4.69, 9.17) is 4.74 Å². The maximum atomic E-state index is 11.4. The van der Waals surface area contributed by atoms with Gasteiger partial charge in [-0.05, 0) is 37.2 Å². The summed E-state index contributed by atoms with van der Waals surface area (Å²) in [6, 6.07) is 0. The van der Waals surface area contributed by atoms with E-state index in [0.717, 1.165) is 43.8 Å². The lowest BCUT2D eigenvalue weighted by Crippen LogP contribution is -2.45. The van der Waals surface area contributed by atoms with Gasteiger partial charge in [-0.2, -0.15) is 11.8 Å². The monoisotopic (exact) mass is 216 g/mol. The number of aliphatic carboxylic acids is 1. The Morgan fingerprint density at radius 3 is 2.64 bits per heavy atom. The van der Waals surface area contributed by atoms with Gasteiger partial charge in [0, 0.05) is 6.61 Å². The van der Waals surface area contributed by atoms with Crippen molar-refractivity contribution in [2.45, 2.75) is 31.8 Å². The summed E-state index contributed by atoms with van der Waals surface area (Å²) in [5, 5.41) is 9.36. The molecule has 14 heavy (non-hydrogen) atoms. The lowest BCUT2D eigenvalue weighted by atomic mass is 9.75. The fraction of sp³-hybridized carbons (Fsp3) is 0.900. The van der Waals surface area contributed by atoms with Gasteiger partial charge in [0.2, 0.25) is 0 Å². The maximum Gasteiger partial charge on any atom is 0.312 e. The van der Waals surface area contributed by atoms with Gasteiger partial charge in [-0.1, -0.05) is 0 Å². The highest BCUT2D eigenvalue weighted by Gasteiger charge is 2.48. The summed E-state index contributed by atoms with van der Waals surface area (Å²) in [6.07, 6.45) is 3.47. The highest BCUT2D eigenvalue weighted by Crippen LogP contribution is 2.43. The summed E-state index contributed by atoms with van der Waals surface area (Å²) in [5.41, 5.74) is -0.568. The summed E-state index contributed by atoms with van der Waals surface area (Å²) >= 11 is 1.85. The molecular formula is C10H16O3S. The third-order valence-corrected chi connectivity index (χ3v) is 4.34. The molecule has 4 heteroatoms. The predicted octanol–water partition coefficient (Wildman–Crippen LogP) is 1.76. The van der Waals surface area contributed by atoms with Crippen molar-refractivity contribution in [1.82, 2.24) is 0 Å². The molecule has 2 aliphatic rings. The summed E-state index contributed by atoms with van der Waals surface area (Å²) in [7, 11) is 0. The molecule has 0 radical (unpaired) electrons. The van der Waals surface area contributed by atoms with Crippen molar-refractivity contribution in [3.8, 4) is 0 Å². The normalized spacial score (nSPS) is 31.6. The van der Waals surface area contributed by atoms with Gasteiger partial charge in [0.25, 0.3) is 0 Å². The third kappa shape index (κ3) is 1.65. The van der Waals surface area contributed by atoms with E-state index in [1.54, 1.807) is 0 Å². The molecule has 2 rings (SSSR count). The van der Waals surface area contributed by atoms with Crippen LogP contribution in [0.25, 0.3) is 0 Å². The zero-order valence-electron chi connectivity index (χ0n) is 8.20. The average molecular weight is 216 g/mol. The number of rotatable bonds is 2. The quantitative estimate of drug-likeness (QED) is 0.764. The van der Waals surface area contributed by atoms with Crippen molar-refractivity contribution in [2.24, 2.45) is 5.41 Å². The lowest BCUT2D eigenvalue weighted by molar-refractivity contribution is -0.158. The molecule has 1 atom stereocenters. The van der Waals surface area contributed by atoms with Crippen LogP contribution < -0.4 is 0 Å². The van der Waals surface area contributed by atoms with Gasteiger partial charge in [-0.3, -0.25) is 4.79 Å². The number of thioether (sulfide) groups is 1. The number of hydrogen-bond donors (Lipinski definition) is 1.